The minimum atomic E-state index is 0.534. The van der Waals surface area contributed by atoms with E-state index in [1.54, 1.807) is 27.5 Å². The third-order valence-corrected chi connectivity index (χ3v) is 4.84. The van der Waals surface area contributed by atoms with Crippen LogP contribution in [0.4, 0.5) is 23.1 Å². The van der Waals surface area contributed by atoms with Gasteiger partial charge in [-0.15, -0.1) is 5.10 Å². The summed E-state index contributed by atoms with van der Waals surface area (Å²) in [5.74, 6) is 2.79. The molecule has 0 atom stereocenters. The average Bonchev–Trinajstić information content (AvgIpc) is 2.78. The molecule has 8 heteroatoms. The van der Waals surface area contributed by atoms with Crippen molar-refractivity contribution in [1.82, 2.24) is 15.2 Å². The van der Waals surface area contributed by atoms with Crippen LogP contribution >= 0.6 is 0 Å². The van der Waals surface area contributed by atoms with Gasteiger partial charge in [0.15, 0.2) is 17.3 Å². The van der Waals surface area contributed by atoms with Gasteiger partial charge in [0.2, 0.25) is 5.75 Å². The first kappa shape index (κ1) is 18.8. The number of nitrogens with zero attached hydrogens (tertiary/aromatic N) is 4. The van der Waals surface area contributed by atoms with Gasteiger partial charge in [-0.1, -0.05) is 18.2 Å². The maximum atomic E-state index is 5.41. The second-order valence-electron chi connectivity index (χ2n) is 6.56. The van der Waals surface area contributed by atoms with Gasteiger partial charge in [-0.25, -0.2) is 0 Å². The van der Waals surface area contributed by atoms with Crippen molar-refractivity contribution in [2.45, 2.75) is 12.8 Å². The summed E-state index contributed by atoms with van der Waals surface area (Å²) in [6, 6.07) is 12.0. The molecule has 8 nitrogen and oxygen atoms in total. The molecule has 4 rings (SSSR count). The number of methoxy groups -OCH3 is 3. The van der Waals surface area contributed by atoms with Crippen LogP contribution in [0.1, 0.15) is 12.0 Å². The fourth-order valence-corrected chi connectivity index (χ4v) is 3.51. The number of aromatic nitrogens is 3. The first-order valence-electron chi connectivity index (χ1n) is 9.35. The van der Waals surface area contributed by atoms with Crippen molar-refractivity contribution in [1.29, 1.82) is 0 Å². The summed E-state index contributed by atoms with van der Waals surface area (Å²) in [5, 5.41) is 11.7. The normalized spacial score (nSPS) is 12.9. The molecule has 1 aliphatic heterocycles. The van der Waals surface area contributed by atoms with E-state index in [9.17, 15) is 0 Å². The van der Waals surface area contributed by atoms with Gasteiger partial charge in [-0.05, 0) is 24.5 Å². The number of hydrogen-bond acceptors (Lipinski definition) is 8. The molecule has 0 saturated carbocycles. The molecule has 2 heterocycles. The number of anilines is 4. The second-order valence-corrected chi connectivity index (χ2v) is 6.56. The van der Waals surface area contributed by atoms with E-state index in [-0.39, 0.29) is 0 Å². The van der Waals surface area contributed by atoms with Gasteiger partial charge in [-0.2, -0.15) is 10.1 Å². The van der Waals surface area contributed by atoms with E-state index in [2.05, 4.69) is 43.6 Å². The Morgan fingerprint density at radius 2 is 1.76 bits per heavy atom. The quantitative estimate of drug-likeness (QED) is 0.679. The third-order valence-electron chi connectivity index (χ3n) is 4.84. The van der Waals surface area contributed by atoms with Gasteiger partial charge in [0.1, 0.15) is 0 Å². The lowest BCUT2D eigenvalue weighted by atomic mass is 10.0. The lowest BCUT2D eigenvalue weighted by Crippen LogP contribution is -2.26. The van der Waals surface area contributed by atoms with Crippen molar-refractivity contribution in [3.63, 3.8) is 0 Å². The van der Waals surface area contributed by atoms with Crippen molar-refractivity contribution < 1.29 is 14.2 Å². The number of aryl methyl sites for hydroxylation is 1. The molecule has 150 valence electrons. The molecule has 2 aromatic carbocycles. The number of nitrogens with one attached hydrogen (secondary N) is 1. The summed E-state index contributed by atoms with van der Waals surface area (Å²) in [7, 11) is 4.74. The summed E-state index contributed by atoms with van der Waals surface area (Å²) in [5.41, 5.74) is 3.17. The topological polar surface area (TPSA) is 81.6 Å². The largest absolute Gasteiger partial charge is 0.493 e. The highest BCUT2D eigenvalue weighted by Crippen LogP contribution is 2.40. The Morgan fingerprint density at radius 3 is 2.48 bits per heavy atom. The summed E-state index contributed by atoms with van der Waals surface area (Å²) in [4.78, 5) is 6.78. The highest BCUT2D eigenvalue weighted by atomic mass is 16.5. The predicted octanol–water partition coefficient (Wildman–Crippen LogP) is 3.73. The molecule has 0 unspecified atom stereocenters. The van der Waals surface area contributed by atoms with Gasteiger partial charge >= 0.3 is 0 Å². The third kappa shape index (κ3) is 3.73. The summed E-state index contributed by atoms with van der Waals surface area (Å²) in [6.45, 7) is 0.854. The molecule has 0 aliphatic carbocycles. The van der Waals surface area contributed by atoms with Gasteiger partial charge in [0, 0.05) is 30.1 Å². The molecule has 0 amide bonds. The number of fused-ring (bicyclic) bond motifs is 1. The number of ether oxygens (including phenoxy) is 3. The van der Waals surface area contributed by atoms with Gasteiger partial charge < -0.3 is 24.4 Å². The van der Waals surface area contributed by atoms with Crippen molar-refractivity contribution in [2.24, 2.45) is 0 Å². The van der Waals surface area contributed by atoms with Crippen molar-refractivity contribution >= 4 is 23.1 Å². The highest BCUT2D eigenvalue weighted by molar-refractivity contribution is 5.68. The molecular weight excluding hydrogens is 370 g/mol. The molecule has 1 N–H and O–H groups in total. The van der Waals surface area contributed by atoms with Gasteiger partial charge in [-0.3, -0.25) is 0 Å². The van der Waals surface area contributed by atoms with E-state index >= 15 is 0 Å². The van der Waals surface area contributed by atoms with Crippen LogP contribution in [0.15, 0.2) is 42.6 Å². The van der Waals surface area contributed by atoms with Gasteiger partial charge in [0.05, 0.1) is 27.5 Å². The number of benzene rings is 2. The minimum absolute atomic E-state index is 0.534. The maximum Gasteiger partial charge on any atom is 0.251 e. The van der Waals surface area contributed by atoms with E-state index in [0.717, 1.165) is 30.8 Å². The smallest absolute Gasteiger partial charge is 0.251 e. The van der Waals surface area contributed by atoms with Crippen LogP contribution in [-0.4, -0.2) is 43.1 Å². The lowest BCUT2D eigenvalue weighted by molar-refractivity contribution is 0.324. The SMILES string of the molecule is COc1cc(Nc2cnnc(N3CCCc4ccccc43)n2)cc(OC)c1OC. The van der Waals surface area contributed by atoms with E-state index in [1.807, 2.05) is 18.2 Å². The number of rotatable bonds is 6. The molecule has 0 bridgehead atoms. The molecule has 1 aliphatic rings. The lowest BCUT2D eigenvalue weighted by Gasteiger charge is -2.29. The summed E-state index contributed by atoms with van der Waals surface area (Å²) < 4.78 is 16.2. The molecule has 0 saturated heterocycles. The highest BCUT2D eigenvalue weighted by Gasteiger charge is 2.21. The molecule has 0 fully saturated rings. The average molecular weight is 393 g/mol. The molecule has 0 radical (unpaired) electrons. The van der Waals surface area contributed by atoms with Crippen molar-refractivity contribution in [3.05, 3.63) is 48.2 Å². The fraction of sp³-hybridized carbons (Fsp3) is 0.286. The molecule has 1 aromatic heterocycles. The molecular formula is C21H23N5O3. The van der Waals surface area contributed by atoms with Crippen LogP contribution in [0.3, 0.4) is 0 Å². The van der Waals surface area contributed by atoms with E-state index < -0.39 is 0 Å². The Kier molecular flexibility index (Phi) is 5.33. The van der Waals surface area contributed by atoms with Crippen molar-refractivity contribution in [2.75, 3.05) is 38.1 Å². The molecule has 0 spiro atoms. The van der Waals surface area contributed by atoms with Crippen molar-refractivity contribution in [3.8, 4) is 17.2 Å². The van der Waals surface area contributed by atoms with Crippen LogP contribution in [0.5, 0.6) is 17.2 Å². The fourth-order valence-electron chi connectivity index (χ4n) is 3.51. The predicted molar refractivity (Wildman–Crippen MR) is 111 cm³/mol. The Balaban J connectivity index is 1.64. The zero-order valence-corrected chi connectivity index (χ0v) is 16.7. The molecule has 3 aromatic rings. The summed E-state index contributed by atoms with van der Waals surface area (Å²) >= 11 is 0. The zero-order chi connectivity index (χ0) is 20.2. The standard InChI is InChI=1S/C21H23N5O3/c1-27-17-11-15(12-18(28-2)20(17)29-3)23-19-13-22-25-21(24-19)26-10-6-8-14-7-4-5-9-16(14)26/h4-5,7,9,11-13H,6,8,10H2,1-3H3,(H,23,24,25). The maximum absolute atomic E-state index is 5.41. The summed E-state index contributed by atoms with van der Waals surface area (Å²) in [6.07, 6.45) is 3.69. The monoisotopic (exact) mass is 393 g/mol. The van der Waals surface area contributed by atoms with E-state index in [0.29, 0.717) is 29.0 Å². The first-order valence-corrected chi connectivity index (χ1v) is 9.35. The zero-order valence-electron chi connectivity index (χ0n) is 16.7. The Bertz CT molecular complexity index is 986. The second kappa shape index (κ2) is 8.22. The van der Waals surface area contributed by atoms with Crippen LogP contribution in [0, 0.1) is 0 Å². The van der Waals surface area contributed by atoms with Crippen LogP contribution in [0.2, 0.25) is 0 Å². The Morgan fingerprint density at radius 1 is 1.00 bits per heavy atom. The van der Waals surface area contributed by atoms with Gasteiger partial charge in [0.25, 0.3) is 5.95 Å². The van der Waals surface area contributed by atoms with E-state index in [1.165, 1.54) is 5.56 Å². The van der Waals surface area contributed by atoms with Crippen LogP contribution < -0.4 is 24.4 Å². The van der Waals surface area contributed by atoms with Crippen LogP contribution in [0.25, 0.3) is 0 Å². The Labute approximate surface area is 169 Å². The van der Waals surface area contributed by atoms with Crippen LogP contribution in [-0.2, 0) is 6.42 Å². The Hall–Kier alpha value is -3.55. The minimum Gasteiger partial charge on any atom is -0.493 e. The molecule has 29 heavy (non-hydrogen) atoms. The first-order chi connectivity index (χ1) is 14.2. The number of hydrogen-bond donors (Lipinski definition) is 1. The number of para-hydroxylation sites is 1. The van der Waals surface area contributed by atoms with E-state index in [4.69, 9.17) is 14.2 Å².